The Balaban J connectivity index is 0.00000277. The van der Waals surface area contributed by atoms with E-state index in [4.69, 9.17) is 5.21 Å². The Labute approximate surface area is 154 Å². The Morgan fingerprint density at radius 3 is 2.16 bits per heavy atom. The zero-order chi connectivity index (χ0) is 18.8. The van der Waals surface area contributed by atoms with E-state index < -0.39 is 0 Å². The largest absolute Gasteiger partial charge is 0.345 e. The summed E-state index contributed by atoms with van der Waals surface area (Å²) in [5.41, 5.74) is 0. The van der Waals surface area contributed by atoms with E-state index in [0.717, 1.165) is 64.4 Å². The molecule has 10 heteroatoms. The molecular formula is C15H34N6O3S. The van der Waals surface area contributed by atoms with E-state index in [1.807, 2.05) is 6.26 Å². The van der Waals surface area contributed by atoms with Crippen LogP contribution in [-0.4, -0.2) is 99.3 Å². The Bertz CT molecular complexity index is 326. The van der Waals surface area contributed by atoms with Gasteiger partial charge in [-0.1, -0.05) is 0 Å². The topological polar surface area (TPSA) is 132 Å². The number of hydrogen-bond donors (Lipinski definition) is 6. The molecule has 1 amide bonds. The number of amides is 1. The summed E-state index contributed by atoms with van der Waals surface area (Å²) in [7, 11) is 0. The average Bonchev–Trinajstić information content (AvgIpc) is 2.62. The first-order valence-corrected chi connectivity index (χ1v) is 9.99. The van der Waals surface area contributed by atoms with Gasteiger partial charge in [-0.25, -0.2) is 5.90 Å². The zero-order valence-electron chi connectivity index (χ0n) is 15.1. The van der Waals surface area contributed by atoms with Gasteiger partial charge in [0.15, 0.2) is 0 Å². The number of nitrogens with two attached hydrogens (primary N) is 1. The lowest BCUT2D eigenvalue weighted by atomic mass is 10.2. The lowest BCUT2D eigenvalue weighted by Crippen LogP contribution is -2.47. The molecule has 0 aromatic heterocycles. The summed E-state index contributed by atoms with van der Waals surface area (Å²) in [5, 5.41) is 19.4. The van der Waals surface area contributed by atoms with Crippen LogP contribution in [0, 0.1) is 0 Å². The zero-order valence-corrected chi connectivity index (χ0v) is 15.9. The average molecular weight is 379 g/mol. The molecule has 0 aromatic rings. The quantitative estimate of drug-likeness (QED) is 0.217. The maximum atomic E-state index is 12.1. The lowest BCUT2D eigenvalue weighted by molar-refractivity contribution is -0.125. The van der Waals surface area contributed by atoms with Crippen molar-refractivity contribution in [3.8, 4) is 0 Å². The van der Waals surface area contributed by atoms with Crippen molar-refractivity contribution in [3.05, 3.63) is 0 Å². The minimum Gasteiger partial charge on any atom is -0.345 e. The maximum absolute atomic E-state index is 12.1. The Morgan fingerprint density at radius 2 is 1.68 bits per heavy atom. The first kappa shape index (κ1) is 24.2. The number of aldehydes is 1. The number of nitrogens with one attached hydrogen (secondary N) is 4. The Morgan fingerprint density at radius 1 is 1.16 bits per heavy atom. The first-order valence-electron chi connectivity index (χ1n) is 8.60. The minimum atomic E-state index is -0.371. The molecule has 1 unspecified atom stereocenters. The Hall–Kier alpha value is -0.750. The van der Waals surface area contributed by atoms with Crippen LogP contribution >= 0.6 is 11.8 Å². The molecule has 0 spiro atoms. The standard InChI is InChI=1S/C15H31N5O2S.H3NO/c1-23-11-2-14(13-21)19-15(22)12-20-9-7-17-5-3-16-4-6-18-8-10-20;1-2/h13-14,16-18H,2-12H2,1H3,(H,19,22);2H,1H2. The summed E-state index contributed by atoms with van der Waals surface area (Å²) in [5.74, 6) is 4.30. The highest BCUT2D eigenvalue weighted by molar-refractivity contribution is 7.98. The predicted molar refractivity (Wildman–Crippen MR) is 102 cm³/mol. The lowest BCUT2D eigenvalue weighted by Gasteiger charge is -2.24. The second-order valence-electron chi connectivity index (χ2n) is 5.62. The molecule has 0 aromatic carbocycles. The number of carbonyl (C=O) groups is 2. The van der Waals surface area contributed by atoms with Crippen LogP contribution in [0.3, 0.4) is 0 Å². The van der Waals surface area contributed by atoms with E-state index in [0.29, 0.717) is 13.0 Å². The first-order chi connectivity index (χ1) is 12.3. The van der Waals surface area contributed by atoms with Crippen LogP contribution in [0.15, 0.2) is 0 Å². The van der Waals surface area contributed by atoms with Gasteiger partial charge in [-0.05, 0) is 18.4 Å². The summed E-state index contributed by atoms with van der Waals surface area (Å²) in [6, 6.07) is -0.371. The molecule has 25 heavy (non-hydrogen) atoms. The van der Waals surface area contributed by atoms with Gasteiger partial charge >= 0.3 is 0 Å². The van der Waals surface area contributed by atoms with Crippen LogP contribution in [0.4, 0.5) is 0 Å². The molecule has 1 aliphatic rings. The molecule has 1 atom stereocenters. The number of hydrogen-bond acceptors (Lipinski definition) is 9. The molecule has 7 N–H and O–H groups in total. The molecule has 148 valence electrons. The monoisotopic (exact) mass is 378 g/mol. The van der Waals surface area contributed by atoms with Crippen LogP contribution in [0.25, 0.3) is 0 Å². The fourth-order valence-corrected chi connectivity index (χ4v) is 2.84. The number of thioether (sulfide) groups is 1. The van der Waals surface area contributed by atoms with Crippen molar-refractivity contribution < 1.29 is 14.8 Å². The van der Waals surface area contributed by atoms with Gasteiger partial charge in [0.2, 0.25) is 5.91 Å². The van der Waals surface area contributed by atoms with Crippen molar-refractivity contribution in [1.82, 2.24) is 26.2 Å². The SMILES string of the molecule is CSCCC(C=O)NC(=O)CN1CCNCCNCCNCC1.NO. The van der Waals surface area contributed by atoms with E-state index >= 15 is 0 Å². The summed E-state index contributed by atoms with van der Waals surface area (Å²) < 4.78 is 0. The number of rotatable bonds is 7. The maximum Gasteiger partial charge on any atom is 0.234 e. The van der Waals surface area contributed by atoms with Gasteiger partial charge in [0.05, 0.1) is 12.6 Å². The van der Waals surface area contributed by atoms with Crippen LogP contribution in [0.2, 0.25) is 0 Å². The summed E-state index contributed by atoms with van der Waals surface area (Å²) in [6.07, 6.45) is 3.52. The van der Waals surface area contributed by atoms with Gasteiger partial charge in [0.25, 0.3) is 0 Å². The fraction of sp³-hybridized carbons (Fsp3) is 0.867. The van der Waals surface area contributed by atoms with Crippen molar-refractivity contribution in [1.29, 1.82) is 0 Å². The van der Waals surface area contributed by atoms with E-state index in [-0.39, 0.29) is 11.9 Å². The van der Waals surface area contributed by atoms with Gasteiger partial charge in [-0.15, -0.1) is 0 Å². The third-order valence-corrected chi connectivity index (χ3v) is 4.32. The predicted octanol–water partition coefficient (Wildman–Crippen LogP) is -2.16. The normalized spacial score (nSPS) is 18.7. The van der Waals surface area contributed by atoms with Gasteiger partial charge in [0.1, 0.15) is 6.29 Å². The van der Waals surface area contributed by atoms with E-state index in [1.54, 1.807) is 11.8 Å². The third-order valence-electron chi connectivity index (χ3n) is 3.68. The molecule has 1 rings (SSSR count). The van der Waals surface area contributed by atoms with Crippen molar-refractivity contribution in [2.24, 2.45) is 5.90 Å². The highest BCUT2D eigenvalue weighted by Gasteiger charge is 2.14. The van der Waals surface area contributed by atoms with E-state index in [2.05, 4.69) is 32.1 Å². The molecule has 1 heterocycles. The summed E-state index contributed by atoms with van der Waals surface area (Å²) >= 11 is 1.68. The second-order valence-corrected chi connectivity index (χ2v) is 6.60. The van der Waals surface area contributed by atoms with Gasteiger partial charge in [-0.2, -0.15) is 11.8 Å². The second kappa shape index (κ2) is 18.1. The molecule has 1 saturated heterocycles. The van der Waals surface area contributed by atoms with Crippen LogP contribution in [0.1, 0.15) is 6.42 Å². The third kappa shape index (κ3) is 14.1. The molecule has 9 nitrogen and oxygen atoms in total. The number of nitrogens with zero attached hydrogens (tertiary/aromatic N) is 1. The van der Waals surface area contributed by atoms with Crippen LogP contribution in [0.5, 0.6) is 0 Å². The summed E-state index contributed by atoms with van der Waals surface area (Å²) in [4.78, 5) is 25.3. The molecule has 0 aliphatic carbocycles. The molecule has 1 aliphatic heterocycles. The highest BCUT2D eigenvalue weighted by Crippen LogP contribution is 1.99. The molecule has 0 saturated carbocycles. The van der Waals surface area contributed by atoms with Crippen molar-refractivity contribution in [3.63, 3.8) is 0 Å². The Kier molecular flexibility index (Phi) is 17.5. The van der Waals surface area contributed by atoms with Crippen LogP contribution in [-0.2, 0) is 9.59 Å². The number of carbonyl (C=O) groups excluding carboxylic acids is 2. The molecule has 0 radical (unpaired) electrons. The summed E-state index contributed by atoms with van der Waals surface area (Å²) in [6.45, 7) is 7.49. The van der Waals surface area contributed by atoms with Gasteiger partial charge in [-0.3, -0.25) is 9.69 Å². The van der Waals surface area contributed by atoms with Gasteiger partial charge in [0, 0.05) is 52.4 Å². The molecule has 0 bridgehead atoms. The van der Waals surface area contributed by atoms with Crippen molar-refractivity contribution >= 4 is 24.0 Å². The van der Waals surface area contributed by atoms with E-state index in [9.17, 15) is 9.59 Å². The molecule has 1 fully saturated rings. The van der Waals surface area contributed by atoms with Crippen molar-refractivity contribution in [2.75, 3.05) is 70.9 Å². The van der Waals surface area contributed by atoms with Crippen LogP contribution < -0.4 is 27.2 Å². The smallest absolute Gasteiger partial charge is 0.234 e. The minimum absolute atomic E-state index is 0.0723. The molecular weight excluding hydrogens is 344 g/mol. The van der Waals surface area contributed by atoms with Crippen molar-refractivity contribution in [2.45, 2.75) is 12.5 Å². The van der Waals surface area contributed by atoms with E-state index in [1.165, 1.54) is 0 Å². The highest BCUT2D eigenvalue weighted by atomic mass is 32.2. The van der Waals surface area contributed by atoms with Gasteiger partial charge < -0.3 is 31.3 Å². The fourth-order valence-electron chi connectivity index (χ4n) is 2.35.